The van der Waals surface area contributed by atoms with E-state index in [1.54, 1.807) is 11.3 Å². The zero-order valence-corrected chi connectivity index (χ0v) is 11.2. The van der Waals surface area contributed by atoms with Gasteiger partial charge in [0.15, 0.2) is 0 Å². The van der Waals surface area contributed by atoms with Gasteiger partial charge in [-0.25, -0.2) is 0 Å². The van der Waals surface area contributed by atoms with Crippen LogP contribution < -0.4 is 5.32 Å². The molecule has 0 amide bonds. The first-order chi connectivity index (χ1) is 7.13. The van der Waals surface area contributed by atoms with Gasteiger partial charge in [0.1, 0.15) is 0 Å². The second kappa shape index (κ2) is 6.25. The highest BCUT2D eigenvalue weighted by Crippen LogP contribution is 2.26. The molecule has 0 radical (unpaired) electrons. The van der Waals surface area contributed by atoms with Crippen molar-refractivity contribution in [2.75, 3.05) is 13.7 Å². The van der Waals surface area contributed by atoms with Crippen molar-refractivity contribution in [3.8, 4) is 0 Å². The molecule has 84 valence electrons. The summed E-state index contributed by atoms with van der Waals surface area (Å²) in [5.74, 6) is -0.179. The second-order valence-electron chi connectivity index (χ2n) is 3.14. The molecule has 15 heavy (non-hydrogen) atoms. The van der Waals surface area contributed by atoms with Gasteiger partial charge in [-0.15, -0.1) is 11.3 Å². The molecule has 0 aliphatic carbocycles. The van der Waals surface area contributed by atoms with Crippen LogP contribution in [0.4, 0.5) is 0 Å². The van der Waals surface area contributed by atoms with Gasteiger partial charge in [0.05, 0.1) is 17.3 Å². The first-order valence-electron chi connectivity index (χ1n) is 4.69. The zero-order valence-electron chi connectivity index (χ0n) is 8.75. The van der Waals surface area contributed by atoms with Crippen molar-refractivity contribution in [3.05, 3.63) is 20.8 Å². The van der Waals surface area contributed by atoms with Crippen LogP contribution in [0.15, 0.2) is 15.9 Å². The number of hydrogen-bond donors (Lipinski definition) is 1. The molecule has 0 fully saturated rings. The van der Waals surface area contributed by atoms with Crippen LogP contribution in [-0.2, 0) is 9.53 Å². The molecule has 0 saturated heterocycles. The lowest BCUT2D eigenvalue weighted by atomic mass is 10.2. The summed E-state index contributed by atoms with van der Waals surface area (Å²) in [6, 6.07) is 4.37. The minimum atomic E-state index is -0.179. The lowest BCUT2D eigenvalue weighted by molar-refractivity contribution is -0.140. The number of halogens is 1. The molecule has 1 N–H and O–H groups in total. The summed E-state index contributed by atoms with van der Waals surface area (Å²) in [5, 5.41) is 3.27. The van der Waals surface area contributed by atoms with Crippen molar-refractivity contribution in [2.45, 2.75) is 19.4 Å². The van der Waals surface area contributed by atoms with Gasteiger partial charge in [-0.05, 0) is 35.0 Å². The maximum atomic E-state index is 10.9. The minimum Gasteiger partial charge on any atom is -0.469 e. The molecule has 1 rings (SSSR count). The fourth-order valence-corrected chi connectivity index (χ4v) is 2.60. The van der Waals surface area contributed by atoms with E-state index in [1.807, 2.05) is 6.07 Å². The first kappa shape index (κ1) is 12.7. The molecule has 1 heterocycles. The van der Waals surface area contributed by atoms with Crippen LogP contribution in [0.1, 0.15) is 24.3 Å². The summed E-state index contributed by atoms with van der Waals surface area (Å²) in [4.78, 5) is 12.1. The molecule has 1 aromatic heterocycles. The van der Waals surface area contributed by atoms with Crippen molar-refractivity contribution < 1.29 is 9.53 Å². The molecule has 3 nitrogen and oxygen atoms in total. The molecule has 1 atom stereocenters. The van der Waals surface area contributed by atoms with Crippen molar-refractivity contribution in [3.63, 3.8) is 0 Å². The van der Waals surface area contributed by atoms with Crippen LogP contribution in [-0.4, -0.2) is 19.6 Å². The Balaban J connectivity index is 2.30. The van der Waals surface area contributed by atoms with E-state index >= 15 is 0 Å². The van der Waals surface area contributed by atoms with Crippen molar-refractivity contribution in [2.24, 2.45) is 0 Å². The number of carbonyl (C=O) groups excluding carboxylic acids is 1. The highest BCUT2D eigenvalue weighted by Gasteiger charge is 2.08. The molecule has 0 spiro atoms. The summed E-state index contributed by atoms with van der Waals surface area (Å²) < 4.78 is 5.68. The van der Waals surface area contributed by atoms with Crippen LogP contribution in [0.25, 0.3) is 0 Å². The maximum Gasteiger partial charge on any atom is 0.306 e. The third kappa shape index (κ3) is 4.32. The van der Waals surface area contributed by atoms with Crippen molar-refractivity contribution in [1.29, 1.82) is 0 Å². The lowest BCUT2D eigenvalue weighted by Crippen LogP contribution is -2.21. The Morgan fingerprint density at radius 1 is 1.67 bits per heavy atom. The number of carbonyl (C=O) groups is 1. The summed E-state index contributed by atoms with van der Waals surface area (Å²) in [7, 11) is 1.40. The van der Waals surface area contributed by atoms with Crippen LogP contribution in [0.3, 0.4) is 0 Å². The van der Waals surface area contributed by atoms with Gasteiger partial charge in [0, 0.05) is 17.5 Å². The molecular weight excluding hydrogens is 278 g/mol. The molecule has 1 unspecified atom stereocenters. The zero-order chi connectivity index (χ0) is 11.3. The molecule has 5 heteroatoms. The van der Waals surface area contributed by atoms with Crippen LogP contribution in [0.5, 0.6) is 0 Å². The molecule has 0 aliphatic rings. The number of hydrogen-bond acceptors (Lipinski definition) is 4. The largest absolute Gasteiger partial charge is 0.469 e. The standard InChI is InChI=1S/C10H14BrNO2S/c1-7(8-3-4-9(11)15-8)12-6-5-10(13)14-2/h3-4,7,12H,5-6H2,1-2H3. The third-order valence-corrected chi connectivity index (χ3v) is 3.83. The lowest BCUT2D eigenvalue weighted by Gasteiger charge is -2.10. The van der Waals surface area contributed by atoms with Crippen LogP contribution in [0, 0.1) is 0 Å². The number of esters is 1. The van der Waals surface area contributed by atoms with Crippen molar-refractivity contribution in [1.82, 2.24) is 5.32 Å². The summed E-state index contributed by atoms with van der Waals surface area (Å²) in [6.07, 6.45) is 0.410. The minimum absolute atomic E-state index is 0.179. The fourth-order valence-electron chi connectivity index (χ4n) is 1.15. The van der Waals surface area contributed by atoms with E-state index in [1.165, 1.54) is 12.0 Å². The van der Waals surface area contributed by atoms with Gasteiger partial charge >= 0.3 is 5.97 Å². The Morgan fingerprint density at radius 3 is 2.93 bits per heavy atom. The highest BCUT2D eigenvalue weighted by atomic mass is 79.9. The average molecular weight is 292 g/mol. The van der Waals surface area contributed by atoms with Gasteiger partial charge in [-0.1, -0.05) is 0 Å². The summed E-state index contributed by atoms with van der Waals surface area (Å²) in [5.41, 5.74) is 0. The number of thiophene rings is 1. The molecular formula is C10H14BrNO2S. The predicted octanol–water partition coefficient (Wildman–Crippen LogP) is 2.72. The van der Waals surface area contributed by atoms with Gasteiger partial charge in [-0.2, -0.15) is 0 Å². The van der Waals surface area contributed by atoms with E-state index in [0.717, 1.165) is 3.79 Å². The van der Waals surface area contributed by atoms with Gasteiger partial charge in [-0.3, -0.25) is 4.79 Å². The molecule has 0 bridgehead atoms. The van der Waals surface area contributed by atoms with E-state index in [2.05, 4.69) is 39.0 Å². The maximum absolute atomic E-state index is 10.9. The fraction of sp³-hybridized carbons (Fsp3) is 0.500. The number of methoxy groups -OCH3 is 1. The van der Waals surface area contributed by atoms with E-state index in [4.69, 9.17) is 0 Å². The van der Waals surface area contributed by atoms with Crippen LogP contribution >= 0.6 is 27.3 Å². The smallest absolute Gasteiger partial charge is 0.306 e. The summed E-state index contributed by atoms with van der Waals surface area (Å²) >= 11 is 5.12. The number of rotatable bonds is 5. The number of ether oxygens (including phenoxy) is 1. The van der Waals surface area contributed by atoms with Crippen molar-refractivity contribution >= 4 is 33.2 Å². The average Bonchev–Trinajstić information content (AvgIpc) is 2.64. The van der Waals surface area contributed by atoms with E-state index in [0.29, 0.717) is 13.0 Å². The Morgan fingerprint density at radius 2 is 2.40 bits per heavy atom. The van der Waals surface area contributed by atoms with E-state index in [9.17, 15) is 4.79 Å². The SMILES string of the molecule is COC(=O)CCNC(C)c1ccc(Br)s1. The highest BCUT2D eigenvalue weighted by molar-refractivity contribution is 9.11. The Labute approximate surface area is 102 Å². The number of nitrogens with one attached hydrogen (secondary N) is 1. The van der Waals surface area contributed by atoms with Gasteiger partial charge in [0.2, 0.25) is 0 Å². The molecule has 0 aliphatic heterocycles. The van der Waals surface area contributed by atoms with Gasteiger partial charge in [0.25, 0.3) is 0 Å². The predicted molar refractivity (Wildman–Crippen MR) is 65.1 cm³/mol. The van der Waals surface area contributed by atoms with E-state index in [-0.39, 0.29) is 12.0 Å². The topological polar surface area (TPSA) is 38.3 Å². The Bertz CT molecular complexity index is 327. The monoisotopic (exact) mass is 291 g/mol. The molecule has 0 saturated carbocycles. The Hall–Kier alpha value is -0.390. The summed E-state index contributed by atoms with van der Waals surface area (Å²) in [6.45, 7) is 2.72. The molecule has 0 aromatic carbocycles. The Kier molecular flexibility index (Phi) is 5.28. The third-order valence-electron chi connectivity index (χ3n) is 2.03. The normalized spacial score (nSPS) is 12.5. The quantitative estimate of drug-likeness (QED) is 0.848. The molecule has 1 aromatic rings. The second-order valence-corrected chi connectivity index (χ2v) is 5.64. The first-order valence-corrected chi connectivity index (χ1v) is 6.30. The van der Waals surface area contributed by atoms with Crippen LogP contribution in [0.2, 0.25) is 0 Å². The van der Waals surface area contributed by atoms with E-state index < -0.39 is 0 Å². The van der Waals surface area contributed by atoms with Gasteiger partial charge < -0.3 is 10.1 Å².